The van der Waals surface area contributed by atoms with E-state index in [9.17, 15) is 0 Å². The molecule has 0 radical (unpaired) electrons. The van der Waals surface area contributed by atoms with Crippen molar-refractivity contribution in [1.82, 2.24) is 0 Å². The van der Waals surface area contributed by atoms with Gasteiger partial charge in [0, 0.05) is 10.9 Å². The maximum Gasteiger partial charge on any atom is 0.0730 e. The van der Waals surface area contributed by atoms with Gasteiger partial charge >= 0.3 is 0 Å². The van der Waals surface area contributed by atoms with Crippen LogP contribution in [0.5, 0.6) is 0 Å². The molecule has 1 nitrogen and oxygen atoms in total. The van der Waals surface area contributed by atoms with Gasteiger partial charge in [-0.15, -0.1) is 0 Å². The summed E-state index contributed by atoms with van der Waals surface area (Å²) < 4.78 is 1.13. The fraction of sp³-hybridized carbons (Fsp3) is 0.222. The van der Waals surface area contributed by atoms with Gasteiger partial charge in [0.2, 0.25) is 0 Å². The van der Waals surface area contributed by atoms with Crippen LogP contribution in [0.4, 0.5) is 0 Å². The second-order valence-electron chi connectivity index (χ2n) is 2.56. The summed E-state index contributed by atoms with van der Waals surface area (Å²) in [6.45, 7) is 0. The summed E-state index contributed by atoms with van der Waals surface area (Å²) in [6.07, 6.45) is 1.69. The van der Waals surface area contributed by atoms with Gasteiger partial charge in [0.1, 0.15) is 0 Å². The van der Waals surface area contributed by atoms with Gasteiger partial charge in [-0.2, -0.15) is 0 Å². The number of thiocarbonyl (C=S) groups is 1. The highest BCUT2D eigenvalue weighted by molar-refractivity contribution is 9.10. The van der Waals surface area contributed by atoms with Gasteiger partial charge in [-0.1, -0.05) is 46.3 Å². The molecule has 3 heteroatoms. The van der Waals surface area contributed by atoms with Gasteiger partial charge in [0.15, 0.2) is 0 Å². The molecule has 1 aromatic carbocycles. The molecule has 0 spiro atoms. The zero-order valence-corrected chi connectivity index (χ0v) is 8.99. The Kier molecular flexibility index (Phi) is 3.69. The number of nitrogens with two attached hydrogens (primary N) is 1. The molecule has 0 heterocycles. The maximum absolute atomic E-state index is 5.41. The molecule has 0 bridgehead atoms. The molecule has 64 valence electrons. The number of halogens is 1. The third-order valence-corrected chi connectivity index (χ3v) is 2.58. The first-order valence-electron chi connectivity index (χ1n) is 3.72. The first-order chi connectivity index (χ1) is 5.70. The van der Waals surface area contributed by atoms with E-state index in [1.807, 2.05) is 18.2 Å². The predicted molar refractivity (Wildman–Crippen MR) is 59.2 cm³/mol. The lowest BCUT2D eigenvalue weighted by Gasteiger charge is -2.02. The molecule has 0 aromatic heterocycles. The van der Waals surface area contributed by atoms with Crippen molar-refractivity contribution in [1.29, 1.82) is 0 Å². The van der Waals surface area contributed by atoms with Crippen molar-refractivity contribution in [2.45, 2.75) is 12.8 Å². The molecule has 12 heavy (non-hydrogen) atoms. The lowest BCUT2D eigenvalue weighted by atomic mass is 10.1. The molecule has 0 fully saturated rings. The molecule has 0 saturated carbocycles. The summed E-state index contributed by atoms with van der Waals surface area (Å²) in [4.78, 5) is 0.575. The van der Waals surface area contributed by atoms with Crippen LogP contribution in [-0.2, 0) is 6.42 Å². The Bertz CT molecular complexity index is 286. The van der Waals surface area contributed by atoms with E-state index in [0.29, 0.717) is 4.99 Å². The Labute approximate surface area is 86.1 Å². The quantitative estimate of drug-likeness (QED) is 0.827. The maximum atomic E-state index is 5.41. The zero-order chi connectivity index (χ0) is 8.97. The lowest BCUT2D eigenvalue weighted by Crippen LogP contribution is -2.08. The summed E-state index contributed by atoms with van der Waals surface area (Å²) in [7, 11) is 0. The average Bonchev–Trinajstić information content (AvgIpc) is 2.03. The molecule has 0 unspecified atom stereocenters. The van der Waals surface area contributed by atoms with Crippen LogP contribution < -0.4 is 5.73 Å². The predicted octanol–water partition coefficient (Wildman–Crippen LogP) is 2.67. The highest BCUT2D eigenvalue weighted by Gasteiger charge is 1.98. The number of hydrogen-bond acceptors (Lipinski definition) is 1. The van der Waals surface area contributed by atoms with Crippen LogP contribution in [0.15, 0.2) is 28.7 Å². The topological polar surface area (TPSA) is 26.0 Å². The van der Waals surface area contributed by atoms with Crippen molar-refractivity contribution in [3.8, 4) is 0 Å². The second kappa shape index (κ2) is 4.58. The summed E-state index contributed by atoms with van der Waals surface area (Å²) >= 11 is 8.26. The van der Waals surface area contributed by atoms with Crippen LogP contribution in [0.25, 0.3) is 0 Å². The van der Waals surface area contributed by atoms with Gasteiger partial charge in [0.05, 0.1) is 4.99 Å². The summed E-state index contributed by atoms with van der Waals surface area (Å²) in [5.74, 6) is 0. The largest absolute Gasteiger partial charge is 0.393 e. The van der Waals surface area contributed by atoms with Gasteiger partial charge in [0.25, 0.3) is 0 Å². The molecule has 1 aromatic rings. The molecule has 0 aliphatic heterocycles. The number of hydrogen-bond donors (Lipinski definition) is 1. The molecular weight excluding hydrogens is 234 g/mol. The van der Waals surface area contributed by atoms with Crippen molar-refractivity contribution < 1.29 is 0 Å². The van der Waals surface area contributed by atoms with E-state index >= 15 is 0 Å². The molecule has 0 saturated heterocycles. The van der Waals surface area contributed by atoms with Crippen LogP contribution >= 0.6 is 28.1 Å². The number of aryl methyl sites for hydroxylation is 1. The molecule has 0 atom stereocenters. The lowest BCUT2D eigenvalue weighted by molar-refractivity contribution is 1.03. The van der Waals surface area contributed by atoms with Crippen LogP contribution in [0, 0.1) is 0 Å². The first kappa shape index (κ1) is 9.68. The van der Waals surface area contributed by atoms with Crippen LogP contribution in [0.3, 0.4) is 0 Å². The second-order valence-corrected chi connectivity index (χ2v) is 3.94. The van der Waals surface area contributed by atoms with Crippen LogP contribution in [0.2, 0.25) is 0 Å². The molecule has 0 amide bonds. The average molecular weight is 244 g/mol. The highest BCUT2D eigenvalue weighted by atomic mass is 79.9. The molecule has 2 N–H and O–H groups in total. The molecule has 1 rings (SSSR count). The van der Waals surface area contributed by atoms with Gasteiger partial charge < -0.3 is 5.73 Å². The molecule has 0 aliphatic carbocycles. The SMILES string of the molecule is NC(=S)CCc1ccccc1Br. The van der Waals surface area contributed by atoms with Crippen molar-refractivity contribution in [2.24, 2.45) is 5.73 Å². The molecular formula is C9H10BrNS. The van der Waals surface area contributed by atoms with Gasteiger partial charge in [-0.05, 0) is 18.1 Å². The summed E-state index contributed by atoms with van der Waals surface area (Å²) in [5.41, 5.74) is 6.66. The Hall–Kier alpha value is -0.410. The van der Waals surface area contributed by atoms with E-state index in [2.05, 4.69) is 22.0 Å². The van der Waals surface area contributed by atoms with E-state index in [4.69, 9.17) is 18.0 Å². The van der Waals surface area contributed by atoms with Crippen molar-refractivity contribution in [3.63, 3.8) is 0 Å². The van der Waals surface area contributed by atoms with Crippen LogP contribution in [0.1, 0.15) is 12.0 Å². The minimum absolute atomic E-state index is 0.575. The standard InChI is InChI=1S/C9H10BrNS/c10-8-4-2-1-3-7(8)5-6-9(11)12/h1-4H,5-6H2,(H2,11,12). The normalized spacial score (nSPS) is 9.75. The van der Waals surface area contributed by atoms with Crippen molar-refractivity contribution in [3.05, 3.63) is 34.3 Å². The molecule has 0 aliphatic rings. The van der Waals surface area contributed by atoms with E-state index in [-0.39, 0.29) is 0 Å². The highest BCUT2D eigenvalue weighted by Crippen LogP contribution is 2.17. The van der Waals surface area contributed by atoms with Crippen molar-refractivity contribution >= 4 is 33.1 Å². The van der Waals surface area contributed by atoms with E-state index in [1.165, 1.54) is 5.56 Å². The fourth-order valence-electron chi connectivity index (χ4n) is 0.959. The minimum atomic E-state index is 0.575. The third-order valence-electron chi connectivity index (χ3n) is 1.60. The zero-order valence-electron chi connectivity index (χ0n) is 6.59. The number of rotatable bonds is 3. The first-order valence-corrected chi connectivity index (χ1v) is 4.92. The van der Waals surface area contributed by atoms with Crippen LogP contribution in [-0.4, -0.2) is 4.99 Å². The van der Waals surface area contributed by atoms with E-state index in [0.717, 1.165) is 17.3 Å². The fourth-order valence-corrected chi connectivity index (χ4v) is 1.54. The Morgan fingerprint density at radius 3 is 2.67 bits per heavy atom. The number of benzene rings is 1. The van der Waals surface area contributed by atoms with E-state index in [1.54, 1.807) is 0 Å². The Balaban J connectivity index is 2.63. The smallest absolute Gasteiger partial charge is 0.0730 e. The Morgan fingerprint density at radius 2 is 2.08 bits per heavy atom. The third kappa shape index (κ3) is 2.91. The van der Waals surface area contributed by atoms with Gasteiger partial charge in [-0.25, -0.2) is 0 Å². The summed E-state index contributed by atoms with van der Waals surface area (Å²) in [5, 5.41) is 0. The minimum Gasteiger partial charge on any atom is -0.393 e. The van der Waals surface area contributed by atoms with Crippen molar-refractivity contribution in [2.75, 3.05) is 0 Å². The van der Waals surface area contributed by atoms with E-state index < -0.39 is 0 Å². The van der Waals surface area contributed by atoms with Gasteiger partial charge in [-0.3, -0.25) is 0 Å². The monoisotopic (exact) mass is 243 g/mol. The summed E-state index contributed by atoms with van der Waals surface area (Å²) in [6, 6.07) is 8.10. The Morgan fingerprint density at radius 1 is 1.42 bits per heavy atom.